The molecule has 7 nitrogen and oxygen atoms in total. The van der Waals surface area contributed by atoms with Gasteiger partial charge in [-0.05, 0) is 30.9 Å². The Kier molecular flexibility index (Phi) is 6.49. The quantitative estimate of drug-likeness (QED) is 0.685. The summed E-state index contributed by atoms with van der Waals surface area (Å²) in [6, 6.07) is 8.27. The highest BCUT2D eigenvalue weighted by atomic mass is 32.2. The van der Waals surface area contributed by atoms with Crippen LogP contribution in [0.15, 0.2) is 35.2 Å². The zero-order valence-electron chi connectivity index (χ0n) is 15.4. The molecule has 1 amide bonds. The summed E-state index contributed by atoms with van der Waals surface area (Å²) < 4.78 is 31.7. The van der Waals surface area contributed by atoms with Crippen LogP contribution < -0.4 is 0 Å². The third-order valence-electron chi connectivity index (χ3n) is 5.26. The minimum absolute atomic E-state index is 0.235. The van der Waals surface area contributed by atoms with Crippen molar-refractivity contribution in [1.29, 1.82) is 0 Å². The summed E-state index contributed by atoms with van der Waals surface area (Å²) in [4.78, 5) is 25.9. The van der Waals surface area contributed by atoms with E-state index < -0.39 is 10.0 Å². The van der Waals surface area contributed by atoms with Crippen molar-refractivity contribution in [3.8, 4) is 0 Å². The van der Waals surface area contributed by atoms with E-state index in [1.54, 1.807) is 35.2 Å². The fourth-order valence-electron chi connectivity index (χ4n) is 3.66. The van der Waals surface area contributed by atoms with E-state index >= 15 is 0 Å². The number of sulfonamides is 1. The maximum atomic E-state index is 12.6. The average Bonchev–Trinajstić information content (AvgIpc) is 3.20. The Bertz CT molecular complexity index is 752. The Balaban J connectivity index is 1.44. The van der Waals surface area contributed by atoms with Gasteiger partial charge >= 0.3 is 5.97 Å². The number of benzene rings is 1. The Hall–Kier alpha value is -1.93. The molecule has 1 aromatic rings. The minimum atomic E-state index is -3.54. The zero-order valence-corrected chi connectivity index (χ0v) is 16.2. The molecule has 0 radical (unpaired) electrons. The molecule has 0 spiro atoms. The van der Waals surface area contributed by atoms with Crippen molar-refractivity contribution in [3.05, 3.63) is 30.3 Å². The predicted molar refractivity (Wildman–Crippen MR) is 99.3 cm³/mol. The van der Waals surface area contributed by atoms with E-state index in [0.29, 0.717) is 25.4 Å². The lowest BCUT2D eigenvalue weighted by Crippen LogP contribution is -2.51. The van der Waals surface area contributed by atoms with Gasteiger partial charge in [0.2, 0.25) is 10.0 Å². The van der Waals surface area contributed by atoms with E-state index in [1.165, 1.54) is 4.31 Å². The molecule has 27 heavy (non-hydrogen) atoms. The summed E-state index contributed by atoms with van der Waals surface area (Å²) in [5.41, 5.74) is 0. The maximum Gasteiger partial charge on any atom is 0.306 e. The summed E-state index contributed by atoms with van der Waals surface area (Å²) in [5.74, 6) is -0.202. The molecule has 0 aromatic heterocycles. The fourth-order valence-corrected chi connectivity index (χ4v) is 5.11. The average molecular weight is 394 g/mol. The Morgan fingerprint density at radius 3 is 2.26 bits per heavy atom. The van der Waals surface area contributed by atoms with Crippen LogP contribution in [-0.2, 0) is 24.3 Å². The molecular weight excluding hydrogens is 368 g/mol. The molecule has 1 saturated heterocycles. The second-order valence-corrected chi connectivity index (χ2v) is 9.05. The van der Waals surface area contributed by atoms with Gasteiger partial charge in [-0.25, -0.2) is 8.42 Å². The van der Waals surface area contributed by atoms with Gasteiger partial charge in [-0.1, -0.05) is 31.0 Å². The van der Waals surface area contributed by atoms with Crippen LogP contribution in [0.5, 0.6) is 0 Å². The molecule has 0 atom stereocenters. The number of hydrogen-bond acceptors (Lipinski definition) is 5. The van der Waals surface area contributed by atoms with Crippen LogP contribution in [0.1, 0.15) is 32.1 Å². The molecule has 148 valence electrons. The second kappa shape index (κ2) is 8.84. The standard InChI is InChI=1S/C19H26N2O5S/c22-18(15-26-19(23)14-16-6-4-5-7-16)20-10-12-21(13-11-20)27(24,25)17-8-2-1-3-9-17/h1-3,8-9,16H,4-7,10-15H2. The molecule has 0 bridgehead atoms. The lowest BCUT2D eigenvalue weighted by atomic mass is 10.0. The Labute approximate surface area is 160 Å². The summed E-state index contributed by atoms with van der Waals surface area (Å²) in [6.45, 7) is 0.797. The van der Waals surface area contributed by atoms with Gasteiger partial charge in [-0.15, -0.1) is 0 Å². The summed E-state index contributed by atoms with van der Waals surface area (Å²) in [6.07, 6.45) is 4.82. The van der Waals surface area contributed by atoms with Crippen LogP contribution >= 0.6 is 0 Å². The van der Waals surface area contributed by atoms with Gasteiger partial charge in [0.15, 0.2) is 6.61 Å². The lowest BCUT2D eigenvalue weighted by molar-refractivity contribution is -0.153. The van der Waals surface area contributed by atoms with Crippen molar-refractivity contribution in [2.24, 2.45) is 5.92 Å². The number of esters is 1. The predicted octanol–water partition coefficient (Wildman–Crippen LogP) is 1.64. The van der Waals surface area contributed by atoms with E-state index in [2.05, 4.69) is 0 Å². The van der Waals surface area contributed by atoms with Gasteiger partial charge in [0, 0.05) is 32.6 Å². The molecule has 0 unspecified atom stereocenters. The van der Waals surface area contributed by atoms with Crippen LogP contribution in [0.2, 0.25) is 0 Å². The van der Waals surface area contributed by atoms with E-state index in [1.807, 2.05) is 0 Å². The first-order valence-corrected chi connectivity index (χ1v) is 10.9. The van der Waals surface area contributed by atoms with E-state index in [4.69, 9.17) is 4.74 Å². The van der Waals surface area contributed by atoms with Gasteiger partial charge < -0.3 is 9.64 Å². The van der Waals surface area contributed by atoms with Crippen molar-refractivity contribution in [1.82, 2.24) is 9.21 Å². The Morgan fingerprint density at radius 1 is 1.00 bits per heavy atom. The van der Waals surface area contributed by atoms with Crippen molar-refractivity contribution >= 4 is 21.9 Å². The number of carbonyl (C=O) groups excluding carboxylic acids is 2. The van der Waals surface area contributed by atoms with Gasteiger partial charge in [0.05, 0.1) is 4.90 Å². The second-order valence-electron chi connectivity index (χ2n) is 7.11. The number of piperazine rings is 1. The van der Waals surface area contributed by atoms with Crippen LogP contribution in [0.25, 0.3) is 0 Å². The first-order chi connectivity index (χ1) is 13.0. The fraction of sp³-hybridized carbons (Fsp3) is 0.579. The molecule has 1 aromatic carbocycles. The molecule has 2 aliphatic rings. The number of hydrogen-bond donors (Lipinski definition) is 0. The molecular formula is C19H26N2O5S. The topological polar surface area (TPSA) is 84.0 Å². The summed E-state index contributed by atoms with van der Waals surface area (Å²) in [5, 5.41) is 0. The first-order valence-electron chi connectivity index (χ1n) is 9.45. The number of rotatable bonds is 6. The van der Waals surface area contributed by atoms with Crippen LogP contribution in [0.4, 0.5) is 0 Å². The third kappa shape index (κ3) is 5.07. The van der Waals surface area contributed by atoms with Crippen molar-refractivity contribution in [2.45, 2.75) is 37.0 Å². The maximum absolute atomic E-state index is 12.6. The molecule has 2 fully saturated rings. The Morgan fingerprint density at radius 2 is 1.63 bits per heavy atom. The number of nitrogens with zero attached hydrogens (tertiary/aromatic N) is 2. The van der Waals surface area contributed by atoms with Gasteiger partial charge in [0.25, 0.3) is 5.91 Å². The number of carbonyl (C=O) groups is 2. The highest BCUT2D eigenvalue weighted by Gasteiger charge is 2.30. The van der Waals surface area contributed by atoms with Crippen LogP contribution in [-0.4, -0.2) is 62.3 Å². The third-order valence-corrected chi connectivity index (χ3v) is 7.17. The summed E-state index contributed by atoms with van der Waals surface area (Å²) >= 11 is 0. The van der Waals surface area contributed by atoms with E-state index in [0.717, 1.165) is 25.7 Å². The molecule has 1 aliphatic heterocycles. The highest BCUT2D eigenvalue weighted by molar-refractivity contribution is 7.89. The molecule has 1 saturated carbocycles. The van der Waals surface area contributed by atoms with E-state index in [9.17, 15) is 18.0 Å². The van der Waals surface area contributed by atoms with Crippen molar-refractivity contribution in [2.75, 3.05) is 32.8 Å². The van der Waals surface area contributed by atoms with Gasteiger partial charge in [0.1, 0.15) is 0 Å². The molecule has 0 N–H and O–H groups in total. The minimum Gasteiger partial charge on any atom is -0.456 e. The normalized spacial score (nSPS) is 19.2. The number of amides is 1. The molecule has 1 heterocycles. The van der Waals surface area contributed by atoms with Crippen molar-refractivity contribution in [3.63, 3.8) is 0 Å². The van der Waals surface area contributed by atoms with E-state index in [-0.39, 0.29) is 36.5 Å². The highest BCUT2D eigenvalue weighted by Crippen LogP contribution is 2.27. The van der Waals surface area contributed by atoms with Crippen LogP contribution in [0, 0.1) is 5.92 Å². The monoisotopic (exact) mass is 394 g/mol. The first kappa shape index (κ1) is 19.8. The van der Waals surface area contributed by atoms with Gasteiger partial charge in [-0.2, -0.15) is 4.31 Å². The lowest BCUT2D eigenvalue weighted by Gasteiger charge is -2.33. The SMILES string of the molecule is O=C(CC1CCCC1)OCC(=O)N1CCN(S(=O)(=O)c2ccccc2)CC1. The molecule has 3 rings (SSSR count). The molecule has 1 aliphatic carbocycles. The van der Waals surface area contributed by atoms with Gasteiger partial charge in [-0.3, -0.25) is 9.59 Å². The zero-order chi connectivity index (χ0) is 19.3. The summed E-state index contributed by atoms with van der Waals surface area (Å²) in [7, 11) is -3.54. The number of ether oxygens (including phenoxy) is 1. The smallest absolute Gasteiger partial charge is 0.306 e. The van der Waals surface area contributed by atoms with Crippen molar-refractivity contribution < 1.29 is 22.7 Å². The molecule has 8 heteroatoms. The largest absolute Gasteiger partial charge is 0.456 e. The van der Waals surface area contributed by atoms with Crippen LogP contribution in [0.3, 0.4) is 0 Å².